The minimum absolute atomic E-state index is 0.0172. The predicted octanol–water partition coefficient (Wildman–Crippen LogP) is 2.41. The van der Waals surface area contributed by atoms with Crippen LogP contribution < -0.4 is 5.32 Å². The molecule has 24 heavy (non-hydrogen) atoms. The summed E-state index contributed by atoms with van der Waals surface area (Å²) >= 11 is 0. The molecule has 0 saturated carbocycles. The number of nitrogens with one attached hydrogen (secondary N) is 2. The van der Waals surface area contributed by atoms with E-state index in [4.69, 9.17) is 0 Å². The van der Waals surface area contributed by atoms with E-state index >= 15 is 0 Å². The molecule has 1 aliphatic rings. The van der Waals surface area contributed by atoms with Crippen LogP contribution in [-0.4, -0.2) is 41.1 Å². The van der Waals surface area contributed by atoms with Crippen LogP contribution in [-0.2, 0) is 18.4 Å². The highest BCUT2D eigenvalue weighted by atomic mass is 16.2. The number of carbonyl (C=O) groups is 1. The summed E-state index contributed by atoms with van der Waals surface area (Å²) in [6, 6.07) is 8.53. The number of benzene rings is 1. The number of hydrogen-bond acceptors (Lipinski definition) is 3. The van der Waals surface area contributed by atoms with Gasteiger partial charge in [0, 0.05) is 49.8 Å². The van der Waals surface area contributed by atoms with Gasteiger partial charge >= 0.3 is 0 Å². The van der Waals surface area contributed by atoms with Crippen molar-refractivity contribution in [2.24, 2.45) is 0 Å². The summed E-state index contributed by atoms with van der Waals surface area (Å²) < 4.78 is 0. The van der Waals surface area contributed by atoms with Crippen LogP contribution in [0.5, 0.6) is 0 Å². The standard InChI is InChI=1S/C19H26N4O/c1-13-5-7-14(8-6-13)19(2,3)12-23(4)18(24)17-15-11-20-10-9-16(15)21-22-17/h5-8,20H,9-12H2,1-4H3,(H,21,22). The van der Waals surface area contributed by atoms with Crippen LogP contribution in [0.2, 0.25) is 0 Å². The van der Waals surface area contributed by atoms with Crippen molar-refractivity contribution in [3.63, 3.8) is 0 Å². The van der Waals surface area contributed by atoms with Crippen LogP contribution >= 0.6 is 0 Å². The molecule has 0 radical (unpaired) electrons. The van der Waals surface area contributed by atoms with Gasteiger partial charge in [-0.3, -0.25) is 9.89 Å². The Hall–Kier alpha value is -2.14. The number of likely N-dealkylation sites (N-methyl/N-ethyl adjacent to an activating group) is 1. The van der Waals surface area contributed by atoms with E-state index in [2.05, 4.69) is 60.6 Å². The van der Waals surface area contributed by atoms with Gasteiger partial charge in [0.05, 0.1) is 0 Å². The molecule has 5 heteroatoms. The Kier molecular flexibility index (Phi) is 4.45. The first-order valence-electron chi connectivity index (χ1n) is 8.48. The Labute approximate surface area is 143 Å². The Balaban J connectivity index is 1.76. The Morgan fingerprint density at radius 3 is 2.71 bits per heavy atom. The molecule has 0 saturated heterocycles. The smallest absolute Gasteiger partial charge is 0.274 e. The van der Waals surface area contributed by atoms with E-state index in [0.29, 0.717) is 18.8 Å². The molecule has 1 amide bonds. The molecule has 0 bridgehead atoms. The first-order valence-corrected chi connectivity index (χ1v) is 8.48. The molecule has 128 valence electrons. The molecule has 2 N–H and O–H groups in total. The normalized spacial score (nSPS) is 14.3. The molecule has 2 aromatic rings. The first-order chi connectivity index (χ1) is 11.4. The fourth-order valence-corrected chi connectivity index (χ4v) is 3.34. The molecular weight excluding hydrogens is 300 g/mol. The Morgan fingerprint density at radius 2 is 2.00 bits per heavy atom. The SMILES string of the molecule is Cc1ccc(C(C)(C)CN(C)C(=O)c2n[nH]c3c2CNCC3)cc1. The molecule has 1 aromatic heterocycles. The van der Waals surface area contributed by atoms with Gasteiger partial charge < -0.3 is 10.2 Å². The Morgan fingerprint density at radius 1 is 1.29 bits per heavy atom. The van der Waals surface area contributed by atoms with Gasteiger partial charge in [-0.25, -0.2) is 0 Å². The van der Waals surface area contributed by atoms with E-state index in [1.165, 1.54) is 11.1 Å². The van der Waals surface area contributed by atoms with Crippen LogP contribution in [0, 0.1) is 6.92 Å². The maximum absolute atomic E-state index is 12.9. The largest absolute Gasteiger partial charge is 0.339 e. The summed E-state index contributed by atoms with van der Waals surface area (Å²) in [5.41, 5.74) is 5.02. The number of nitrogens with zero attached hydrogens (tertiary/aromatic N) is 2. The third-order valence-electron chi connectivity index (χ3n) is 4.82. The monoisotopic (exact) mass is 326 g/mol. The number of H-pyrrole nitrogens is 1. The zero-order valence-corrected chi connectivity index (χ0v) is 14.9. The summed E-state index contributed by atoms with van der Waals surface area (Å²) in [7, 11) is 1.86. The van der Waals surface area contributed by atoms with E-state index in [0.717, 1.165) is 24.2 Å². The lowest BCUT2D eigenvalue weighted by Crippen LogP contribution is -2.39. The average Bonchev–Trinajstić information content (AvgIpc) is 2.98. The van der Waals surface area contributed by atoms with Gasteiger partial charge in [-0.05, 0) is 12.5 Å². The molecule has 3 rings (SSSR count). The summed E-state index contributed by atoms with van der Waals surface area (Å²) in [6.07, 6.45) is 0.897. The lowest BCUT2D eigenvalue weighted by atomic mass is 9.83. The minimum Gasteiger partial charge on any atom is -0.339 e. The molecule has 2 heterocycles. The lowest BCUT2D eigenvalue weighted by molar-refractivity contribution is 0.0760. The van der Waals surface area contributed by atoms with Crippen molar-refractivity contribution in [3.05, 3.63) is 52.3 Å². The third-order valence-corrected chi connectivity index (χ3v) is 4.82. The van der Waals surface area contributed by atoms with Crippen molar-refractivity contribution in [2.45, 2.75) is 39.2 Å². The van der Waals surface area contributed by atoms with E-state index < -0.39 is 0 Å². The first kappa shape index (κ1) is 16.7. The van der Waals surface area contributed by atoms with Crippen molar-refractivity contribution < 1.29 is 4.79 Å². The fourth-order valence-electron chi connectivity index (χ4n) is 3.34. The minimum atomic E-state index is -0.118. The lowest BCUT2D eigenvalue weighted by Gasteiger charge is -2.31. The van der Waals surface area contributed by atoms with Crippen LogP contribution in [0.25, 0.3) is 0 Å². The number of aromatic nitrogens is 2. The van der Waals surface area contributed by atoms with Crippen molar-refractivity contribution in [1.29, 1.82) is 0 Å². The number of amides is 1. The second-order valence-corrected chi connectivity index (χ2v) is 7.37. The number of carbonyl (C=O) groups excluding carboxylic acids is 1. The van der Waals surface area contributed by atoms with Crippen LogP contribution in [0.3, 0.4) is 0 Å². The van der Waals surface area contributed by atoms with E-state index in [9.17, 15) is 4.79 Å². The molecule has 1 aliphatic heterocycles. The van der Waals surface area contributed by atoms with Gasteiger partial charge in [-0.1, -0.05) is 43.7 Å². The van der Waals surface area contributed by atoms with Gasteiger partial charge in [0.25, 0.3) is 5.91 Å². The van der Waals surface area contributed by atoms with Crippen molar-refractivity contribution >= 4 is 5.91 Å². The highest BCUT2D eigenvalue weighted by molar-refractivity contribution is 5.94. The van der Waals surface area contributed by atoms with Gasteiger partial charge in [-0.2, -0.15) is 5.10 Å². The van der Waals surface area contributed by atoms with E-state index in [1.54, 1.807) is 4.90 Å². The molecule has 0 aliphatic carbocycles. The zero-order valence-electron chi connectivity index (χ0n) is 14.9. The number of aryl methyl sites for hydroxylation is 1. The quantitative estimate of drug-likeness (QED) is 0.907. The van der Waals surface area contributed by atoms with Crippen LogP contribution in [0.4, 0.5) is 0 Å². The van der Waals surface area contributed by atoms with Crippen LogP contribution in [0.1, 0.15) is 46.7 Å². The van der Waals surface area contributed by atoms with E-state index in [1.807, 2.05) is 7.05 Å². The van der Waals surface area contributed by atoms with Crippen molar-refractivity contribution in [2.75, 3.05) is 20.1 Å². The number of hydrogen-bond donors (Lipinski definition) is 2. The molecular formula is C19H26N4O. The maximum Gasteiger partial charge on any atom is 0.274 e. The molecule has 0 spiro atoms. The number of rotatable bonds is 4. The number of fused-ring (bicyclic) bond motifs is 1. The molecule has 0 fully saturated rings. The Bertz CT molecular complexity index is 730. The van der Waals surface area contributed by atoms with Crippen molar-refractivity contribution in [1.82, 2.24) is 20.4 Å². The maximum atomic E-state index is 12.9. The van der Waals surface area contributed by atoms with E-state index in [-0.39, 0.29) is 11.3 Å². The second kappa shape index (κ2) is 6.40. The number of aromatic amines is 1. The molecule has 0 unspecified atom stereocenters. The fraction of sp³-hybridized carbons (Fsp3) is 0.474. The molecule has 5 nitrogen and oxygen atoms in total. The third kappa shape index (κ3) is 3.22. The van der Waals surface area contributed by atoms with Gasteiger partial charge in [0.1, 0.15) is 0 Å². The molecule has 0 atom stereocenters. The highest BCUT2D eigenvalue weighted by Crippen LogP contribution is 2.25. The van der Waals surface area contributed by atoms with Gasteiger partial charge in [0.15, 0.2) is 5.69 Å². The zero-order chi connectivity index (χ0) is 17.3. The topological polar surface area (TPSA) is 61.0 Å². The average molecular weight is 326 g/mol. The van der Waals surface area contributed by atoms with Crippen LogP contribution in [0.15, 0.2) is 24.3 Å². The highest BCUT2D eigenvalue weighted by Gasteiger charge is 2.28. The van der Waals surface area contributed by atoms with Crippen molar-refractivity contribution in [3.8, 4) is 0 Å². The van der Waals surface area contributed by atoms with Gasteiger partial charge in [0.2, 0.25) is 0 Å². The summed E-state index contributed by atoms with van der Waals surface area (Å²) in [5.74, 6) is -0.0172. The second-order valence-electron chi connectivity index (χ2n) is 7.37. The summed E-state index contributed by atoms with van der Waals surface area (Å²) in [6.45, 7) is 8.71. The van der Waals surface area contributed by atoms with Gasteiger partial charge in [-0.15, -0.1) is 0 Å². The summed E-state index contributed by atoms with van der Waals surface area (Å²) in [4.78, 5) is 14.6. The summed E-state index contributed by atoms with van der Waals surface area (Å²) in [5, 5.41) is 10.6. The molecule has 1 aromatic carbocycles. The predicted molar refractivity (Wildman–Crippen MR) is 95.2 cm³/mol.